The van der Waals surface area contributed by atoms with Crippen LogP contribution in [0.25, 0.3) is 0 Å². The smallest absolute Gasteiger partial charge is 0.328 e. The van der Waals surface area contributed by atoms with E-state index in [9.17, 15) is 14.4 Å². The molecule has 114 valence electrons. The summed E-state index contributed by atoms with van der Waals surface area (Å²) in [4.78, 5) is 36.6. The van der Waals surface area contributed by atoms with Gasteiger partial charge in [-0.1, -0.05) is 12.8 Å². The van der Waals surface area contributed by atoms with E-state index in [4.69, 9.17) is 0 Å². The summed E-state index contributed by atoms with van der Waals surface area (Å²) in [6.45, 7) is 3.14. The van der Waals surface area contributed by atoms with Crippen LogP contribution in [0.2, 0.25) is 0 Å². The average molecular weight is 284 g/mol. The Morgan fingerprint density at radius 1 is 1.10 bits per heavy atom. The van der Waals surface area contributed by atoms with Gasteiger partial charge in [0.2, 0.25) is 11.8 Å². The van der Waals surface area contributed by atoms with E-state index in [0.717, 1.165) is 25.9 Å². The van der Waals surface area contributed by atoms with E-state index in [1.54, 1.807) is 6.92 Å². The predicted molar refractivity (Wildman–Crippen MR) is 73.9 cm³/mol. The highest BCUT2D eigenvalue weighted by molar-refractivity contribution is 5.87. The quantitative estimate of drug-likeness (QED) is 0.759. The Bertz CT molecular complexity index is 349. The summed E-state index contributed by atoms with van der Waals surface area (Å²) in [5, 5.41) is 2.52. The van der Waals surface area contributed by atoms with Crippen LogP contribution in [-0.4, -0.2) is 48.9 Å². The van der Waals surface area contributed by atoms with E-state index >= 15 is 0 Å². The Labute approximate surface area is 119 Å². The zero-order valence-corrected chi connectivity index (χ0v) is 12.3. The van der Waals surface area contributed by atoms with Gasteiger partial charge in [0.25, 0.3) is 0 Å². The molecule has 6 heteroatoms. The normalized spacial score (nSPS) is 17.0. The number of carbonyl (C=O) groups excluding carboxylic acids is 3. The van der Waals surface area contributed by atoms with Crippen LogP contribution in [0.4, 0.5) is 0 Å². The van der Waals surface area contributed by atoms with Gasteiger partial charge in [-0.15, -0.1) is 0 Å². The number of hydrogen-bond donors (Lipinski definition) is 1. The second-order valence-corrected chi connectivity index (χ2v) is 5.11. The summed E-state index contributed by atoms with van der Waals surface area (Å²) < 4.78 is 4.52. The van der Waals surface area contributed by atoms with Gasteiger partial charge in [0.15, 0.2) is 0 Å². The Balaban J connectivity index is 2.29. The van der Waals surface area contributed by atoms with Gasteiger partial charge in [-0.3, -0.25) is 9.59 Å². The average Bonchev–Trinajstić information content (AvgIpc) is 2.72. The van der Waals surface area contributed by atoms with Crippen LogP contribution in [0.15, 0.2) is 0 Å². The van der Waals surface area contributed by atoms with Crippen LogP contribution in [0, 0.1) is 0 Å². The van der Waals surface area contributed by atoms with Crippen molar-refractivity contribution < 1.29 is 19.1 Å². The van der Waals surface area contributed by atoms with E-state index in [-0.39, 0.29) is 24.7 Å². The van der Waals surface area contributed by atoms with Crippen LogP contribution >= 0.6 is 0 Å². The number of amides is 2. The lowest BCUT2D eigenvalue weighted by Crippen LogP contribution is -2.40. The van der Waals surface area contributed by atoms with Crippen molar-refractivity contribution in [2.24, 2.45) is 0 Å². The topological polar surface area (TPSA) is 75.7 Å². The maximum atomic E-state index is 12.0. The lowest BCUT2D eigenvalue weighted by Gasteiger charge is -2.20. The third-order valence-corrected chi connectivity index (χ3v) is 3.46. The Morgan fingerprint density at radius 2 is 1.70 bits per heavy atom. The van der Waals surface area contributed by atoms with Crippen molar-refractivity contribution in [2.75, 3.05) is 20.2 Å². The van der Waals surface area contributed by atoms with E-state index in [0.29, 0.717) is 0 Å². The molecule has 20 heavy (non-hydrogen) atoms. The maximum absolute atomic E-state index is 12.0. The lowest BCUT2D eigenvalue weighted by atomic mass is 10.2. The van der Waals surface area contributed by atoms with Crippen LogP contribution < -0.4 is 5.32 Å². The molecule has 1 rings (SSSR count). The van der Waals surface area contributed by atoms with Crippen molar-refractivity contribution in [3.63, 3.8) is 0 Å². The van der Waals surface area contributed by atoms with E-state index < -0.39 is 12.0 Å². The monoisotopic (exact) mass is 284 g/mol. The van der Waals surface area contributed by atoms with E-state index in [1.165, 1.54) is 20.0 Å². The Morgan fingerprint density at radius 3 is 2.25 bits per heavy atom. The number of nitrogens with one attached hydrogen (secondary N) is 1. The number of esters is 1. The highest BCUT2D eigenvalue weighted by Crippen LogP contribution is 2.11. The molecule has 1 heterocycles. The van der Waals surface area contributed by atoms with Crippen LogP contribution in [0.1, 0.15) is 45.4 Å². The van der Waals surface area contributed by atoms with Gasteiger partial charge in [0, 0.05) is 25.9 Å². The molecule has 1 aliphatic rings. The number of rotatable bonds is 5. The standard InChI is InChI=1S/C14H24N2O4/c1-11(14(19)20-2)15-12(17)7-8-13(18)16-9-5-3-4-6-10-16/h11H,3-10H2,1-2H3,(H,15,17). The fourth-order valence-corrected chi connectivity index (χ4v) is 2.25. The van der Waals surface area contributed by atoms with Crippen molar-refractivity contribution >= 4 is 17.8 Å². The zero-order chi connectivity index (χ0) is 15.0. The number of hydrogen-bond acceptors (Lipinski definition) is 4. The third-order valence-electron chi connectivity index (χ3n) is 3.46. The molecule has 1 saturated heterocycles. The molecule has 1 fully saturated rings. The maximum Gasteiger partial charge on any atom is 0.328 e. The van der Waals surface area contributed by atoms with Gasteiger partial charge in [-0.2, -0.15) is 0 Å². The van der Waals surface area contributed by atoms with Gasteiger partial charge in [-0.25, -0.2) is 4.79 Å². The largest absolute Gasteiger partial charge is 0.467 e. The van der Waals surface area contributed by atoms with Crippen molar-refractivity contribution in [1.29, 1.82) is 0 Å². The molecule has 1 unspecified atom stereocenters. The van der Waals surface area contributed by atoms with E-state index in [2.05, 4.69) is 10.1 Å². The molecule has 0 saturated carbocycles. The third kappa shape index (κ3) is 5.59. The molecule has 0 aromatic rings. The SMILES string of the molecule is COC(=O)C(C)NC(=O)CCC(=O)N1CCCCCC1. The summed E-state index contributed by atoms with van der Waals surface area (Å²) in [5.74, 6) is -0.768. The van der Waals surface area contributed by atoms with Crippen molar-refractivity contribution in [2.45, 2.75) is 51.5 Å². The van der Waals surface area contributed by atoms with Crippen LogP contribution in [0.3, 0.4) is 0 Å². The lowest BCUT2D eigenvalue weighted by molar-refractivity contribution is -0.144. The molecule has 6 nitrogen and oxygen atoms in total. The summed E-state index contributed by atoms with van der Waals surface area (Å²) in [6.07, 6.45) is 4.72. The minimum Gasteiger partial charge on any atom is -0.467 e. The highest BCUT2D eigenvalue weighted by Gasteiger charge is 2.19. The molecular formula is C14H24N2O4. The molecule has 1 N–H and O–H groups in total. The number of carbonyl (C=O) groups is 3. The fourth-order valence-electron chi connectivity index (χ4n) is 2.25. The highest BCUT2D eigenvalue weighted by atomic mass is 16.5. The number of nitrogens with zero attached hydrogens (tertiary/aromatic N) is 1. The Hall–Kier alpha value is -1.59. The van der Waals surface area contributed by atoms with Gasteiger partial charge < -0.3 is 15.0 Å². The molecule has 1 atom stereocenters. The molecule has 0 bridgehead atoms. The van der Waals surface area contributed by atoms with Gasteiger partial charge in [-0.05, 0) is 19.8 Å². The summed E-state index contributed by atoms with van der Waals surface area (Å²) in [6, 6.07) is -0.680. The van der Waals surface area contributed by atoms with E-state index in [1.807, 2.05) is 4.90 Å². The Kier molecular flexibility index (Phi) is 7.04. The first-order valence-corrected chi connectivity index (χ1v) is 7.19. The van der Waals surface area contributed by atoms with Crippen LogP contribution in [-0.2, 0) is 19.1 Å². The van der Waals surface area contributed by atoms with Crippen molar-refractivity contribution in [3.05, 3.63) is 0 Å². The summed E-state index contributed by atoms with van der Waals surface area (Å²) in [7, 11) is 1.27. The fraction of sp³-hybridized carbons (Fsp3) is 0.786. The minimum absolute atomic E-state index is 0.0211. The molecule has 2 amide bonds. The predicted octanol–water partition coefficient (Wildman–Crippen LogP) is 0.847. The van der Waals surface area contributed by atoms with Gasteiger partial charge in [0.1, 0.15) is 6.04 Å². The summed E-state index contributed by atoms with van der Waals surface area (Å²) in [5.41, 5.74) is 0. The second kappa shape index (κ2) is 8.55. The molecule has 0 aromatic heterocycles. The molecular weight excluding hydrogens is 260 g/mol. The summed E-state index contributed by atoms with van der Waals surface area (Å²) >= 11 is 0. The number of methoxy groups -OCH3 is 1. The molecule has 0 radical (unpaired) electrons. The first kappa shape index (κ1) is 16.5. The number of ether oxygens (including phenoxy) is 1. The second-order valence-electron chi connectivity index (χ2n) is 5.11. The van der Waals surface area contributed by atoms with Crippen molar-refractivity contribution in [3.8, 4) is 0 Å². The molecule has 0 spiro atoms. The van der Waals surface area contributed by atoms with Gasteiger partial charge in [0.05, 0.1) is 7.11 Å². The minimum atomic E-state index is -0.680. The van der Waals surface area contributed by atoms with Crippen molar-refractivity contribution in [1.82, 2.24) is 10.2 Å². The zero-order valence-electron chi connectivity index (χ0n) is 12.3. The van der Waals surface area contributed by atoms with Gasteiger partial charge >= 0.3 is 5.97 Å². The first-order valence-electron chi connectivity index (χ1n) is 7.19. The van der Waals surface area contributed by atoms with Crippen LogP contribution in [0.5, 0.6) is 0 Å². The first-order chi connectivity index (χ1) is 9.54. The molecule has 1 aliphatic heterocycles. The molecule has 0 aromatic carbocycles. The number of likely N-dealkylation sites (tertiary alicyclic amines) is 1. The molecule has 0 aliphatic carbocycles.